The van der Waals surface area contributed by atoms with E-state index in [-0.39, 0.29) is 0 Å². The first-order valence-electron chi connectivity index (χ1n) is 38.9. The summed E-state index contributed by atoms with van der Waals surface area (Å²) in [6.07, 6.45) is 0. The minimum Gasteiger partial charge on any atom is -0.292 e. The topological polar surface area (TPSA) is 87.2 Å². The highest BCUT2D eigenvalue weighted by molar-refractivity contribution is 7.27. The number of thiophene rings is 2. The molecule has 16 aromatic carbocycles. The summed E-state index contributed by atoms with van der Waals surface area (Å²) in [6, 6.07) is 142. The second kappa shape index (κ2) is 28.7. The van der Waals surface area contributed by atoms with Crippen LogP contribution < -0.4 is 0 Å². The molecule has 0 aliphatic heterocycles. The first-order valence-corrected chi connectivity index (χ1v) is 40.6. The third-order valence-electron chi connectivity index (χ3n) is 22.2. The number of imidazole rings is 2. The molecule has 0 aliphatic carbocycles. The molecule has 22 aromatic rings. The molecule has 0 amide bonds. The van der Waals surface area contributed by atoms with Gasteiger partial charge in [-0.1, -0.05) is 297 Å². The lowest BCUT2D eigenvalue weighted by Gasteiger charge is -2.13. The zero-order valence-corrected chi connectivity index (χ0v) is 64.1. The van der Waals surface area contributed by atoms with Crippen LogP contribution >= 0.6 is 22.7 Å². The van der Waals surface area contributed by atoms with Crippen LogP contribution in [-0.4, -0.2) is 39.0 Å². The van der Waals surface area contributed by atoms with E-state index in [0.29, 0.717) is 11.6 Å². The predicted molar refractivity (Wildman–Crippen MR) is 483 cm³/mol. The van der Waals surface area contributed by atoms with Crippen LogP contribution in [0.2, 0.25) is 0 Å². The Kier molecular flexibility index (Phi) is 16.8. The van der Waals surface area contributed by atoms with Crippen LogP contribution in [0, 0.1) is 0 Å². The number of fused-ring (bicyclic) bond motifs is 8. The Labute approximate surface area is 677 Å². The largest absolute Gasteiger partial charge is 0.292 e. The van der Waals surface area contributed by atoms with Gasteiger partial charge in [-0.15, -0.1) is 22.7 Å². The van der Waals surface area contributed by atoms with Crippen LogP contribution in [0.4, 0.5) is 0 Å². The zero-order chi connectivity index (χ0) is 76.6. The summed E-state index contributed by atoms with van der Waals surface area (Å²) in [6.45, 7) is 0. The fourth-order valence-corrected chi connectivity index (χ4v) is 19.1. The number of para-hydroxylation sites is 4. The third kappa shape index (κ3) is 12.2. The Bertz CT molecular complexity index is 7540. The standard InChI is InChI=1S/C106H66N8S2/c1-6-25-67(26-7-1)70-51-55-72(56-52-70)91-65-93(109-104(108-91)86-44-24-50-98-100(86)85-43-22-45-87(102(85)116-98)105-111-89-47-16-17-48-95(89)113(105)81-37-12-4-13-38-81)79-35-19-34-77(62-79)75-32-18-33-76(61-75)78-59-60-90-96(64-78)114(82-39-14-5-15-40-82)106(112-90)88-46-21-42-84-99-83(41-23-49-97(99)115-101(84)88)94-66-92(73-57-53-71(54-58-73)68-27-8-2-9-28-68)107-103(110-94)80-36-20-31-74(63-80)69-29-10-3-11-30-69/h1-66H. The highest BCUT2D eigenvalue weighted by Gasteiger charge is 2.26. The normalized spacial score (nSPS) is 11.6. The van der Waals surface area contributed by atoms with Crippen molar-refractivity contribution in [3.05, 3.63) is 400 Å². The minimum atomic E-state index is 0.651. The monoisotopic (exact) mass is 1510 g/mol. The molecule has 6 aromatic heterocycles. The summed E-state index contributed by atoms with van der Waals surface area (Å²) in [5, 5.41) is 4.52. The van der Waals surface area contributed by atoms with Crippen LogP contribution in [0.25, 0.3) is 220 Å². The van der Waals surface area contributed by atoms with Crippen molar-refractivity contribution in [3.8, 4) is 158 Å². The Balaban J connectivity index is 0.634. The van der Waals surface area contributed by atoms with Crippen molar-refractivity contribution < 1.29 is 0 Å². The molecule has 0 unspecified atom stereocenters. The summed E-state index contributed by atoms with van der Waals surface area (Å²) >= 11 is 3.59. The summed E-state index contributed by atoms with van der Waals surface area (Å²) < 4.78 is 9.23. The number of rotatable bonds is 15. The lowest BCUT2D eigenvalue weighted by molar-refractivity contribution is 1.11. The maximum absolute atomic E-state index is 5.61. The summed E-state index contributed by atoms with van der Waals surface area (Å²) in [5.74, 6) is 3.07. The molecule has 0 atom stereocenters. The number of aromatic nitrogens is 8. The molecule has 22 rings (SSSR count). The van der Waals surface area contributed by atoms with Crippen LogP contribution in [0.1, 0.15) is 0 Å². The van der Waals surface area contributed by atoms with E-state index in [1.165, 1.54) is 5.56 Å². The van der Waals surface area contributed by atoms with Gasteiger partial charge in [0.2, 0.25) is 0 Å². The van der Waals surface area contributed by atoms with Gasteiger partial charge in [0.15, 0.2) is 11.6 Å². The highest BCUT2D eigenvalue weighted by Crippen LogP contribution is 2.48. The molecule has 0 fully saturated rings. The molecule has 6 heterocycles. The maximum Gasteiger partial charge on any atom is 0.161 e. The Morgan fingerprint density at radius 3 is 1.10 bits per heavy atom. The number of hydrogen-bond acceptors (Lipinski definition) is 8. The second-order valence-corrected chi connectivity index (χ2v) is 31.4. The van der Waals surface area contributed by atoms with Gasteiger partial charge in [-0.05, 0) is 159 Å². The van der Waals surface area contributed by atoms with E-state index in [1.807, 2.05) is 0 Å². The van der Waals surface area contributed by atoms with Gasteiger partial charge < -0.3 is 0 Å². The summed E-state index contributed by atoms with van der Waals surface area (Å²) in [7, 11) is 0. The fourth-order valence-electron chi connectivity index (χ4n) is 16.6. The molecule has 0 radical (unpaired) electrons. The van der Waals surface area contributed by atoms with Gasteiger partial charge in [-0.3, -0.25) is 9.13 Å². The molecule has 0 saturated carbocycles. The van der Waals surface area contributed by atoms with Gasteiger partial charge in [-0.25, -0.2) is 29.9 Å². The average molecular weight is 1520 g/mol. The molecule has 116 heavy (non-hydrogen) atoms. The van der Waals surface area contributed by atoms with E-state index in [4.69, 9.17) is 29.9 Å². The van der Waals surface area contributed by atoms with Crippen LogP contribution in [-0.2, 0) is 0 Å². The molecule has 0 bridgehead atoms. The van der Waals surface area contributed by atoms with Crippen molar-refractivity contribution in [2.75, 3.05) is 0 Å². The first-order chi connectivity index (χ1) is 57.5. The molecule has 0 aliphatic rings. The van der Waals surface area contributed by atoms with E-state index < -0.39 is 0 Å². The number of benzene rings is 16. The lowest BCUT2D eigenvalue weighted by atomic mass is 9.96. The van der Waals surface area contributed by atoms with E-state index >= 15 is 0 Å². The SMILES string of the molecule is c1ccc(-c2ccc(-c3cc(-c4cccc5sc6c(-c7nc8ccc(-c9cccc(-c%10cccc(-c%11cc(-c%12ccc(-c%13ccccc%13)cc%12)nc(-c%12cccc%13sc%14c(-c%15nc%16ccccc%16n%15-c%15ccccc%15)cccc%14c%12%13)n%11)c%10)c9)cc8n7-c7ccccc7)cccc6c45)nc(-c4cccc(-c5ccccc5)c4)n3)cc2)cc1. The van der Waals surface area contributed by atoms with Gasteiger partial charge >= 0.3 is 0 Å². The molecule has 0 spiro atoms. The van der Waals surface area contributed by atoms with Crippen molar-refractivity contribution in [3.63, 3.8) is 0 Å². The lowest BCUT2D eigenvalue weighted by Crippen LogP contribution is -1.97. The third-order valence-corrected chi connectivity index (χ3v) is 24.6. The quantitative estimate of drug-likeness (QED) is 0.102. The second-order valence-electron chi connectivity index (χ2n) is 29.3. The first kappa shape index (κ1) is 67.9. The Hall–Kier alpha value is -14.9. The van der Waals surface area contributed by atoms with Crippen LogP contribution in [0.5, 0.6) is 0 Å². The fraction of sp³-hybridized carbons (Fsp3) is 0. The van der Waals surface area contributed by atoms with Crippen molar-refractivity contribution in [2.45, 2.75) is 0 Å². The minimum absolute atomic E-state index is 0.651. The Morgan fingerprint density at radius 1 is 0.198 bits per heavy atom. The highest BCUT2D eigenvalue weighted by atomic mass is 32.1. The number of hydrogen-bond donors (Lipinski definition) is 0. The van der Waals surface area contributed by atoms with Crippen LogP contribution in [0.15, 0.2) is 400 Å². The molecular weight excluding hydrogens is 1450 g/mol. The molecule has 0 N–H and O–H groups in total. The molecular formula is C106H66N8S2. The van der Waals surface area contributed by atoms with Crippen LogP contribution in [0.3, 0.4) is 0 Å². The van der Waals surface area contributed by atoms with Gasteiger partial charge in [-0.2, -0.15) is 0 Å². The van der Waals surface area contributed by atoms with E-state index in [0.717, 1.165) is 203 Å². The molecule has 542 valence electrons. The Morgan fingerprint density at radius 2 is 0.543 bits per heavy atom. The summed E-state index contributed by atoms with van der Waals surface area (Å²) in [5.41, 5.74) is 28.6. The molecule has 0 saturated heterocycles. The average Bonchev–Trinajstić information content (AvgIpc) is 1.58. The van der Waals surface area contributed by atoms with Gasteiger partial charge in [0.05, 0.1) is 44.8 Å². The summed E-state index contributed by atoms with van der Waals surface area (Å²) in [4.78, 5) is 33.0. The van der Waals surface area contributed by atoms with E-state index in [9.17, 15) is 0 Å². The molecule has 8 nitrogen and oxygen atoms in total. The van der Waals surface area contributed by atoms with Gasteiger partial charge in [0, 0.05) is 96.2 Å². The van der Waals surface area contributed by atoms with Crippen molar-refractivity contribution in [1.82, 2.24) is 39.0 Å². The van der Waals surface area contributed by atoms with E-state index in [1.54, 1.807) is 22.7 Å². The number of nitrogens with zero attached hydrogens (tertiary/aromatic N) is 8. The van der Waals surface area contributed by atoms with Crippen molar-refractivity contribution in [2.24, 2.45) is 0 Å². The maximum atomic E-state index is 5.61. The zero-order valence-electron chi connectivity index (χ0n) is 62.5. The predicted octanol–water partition coefficient (Wildman–Crippen LogP) is 28.4. The molecule has 10 heteroatoms. The smallest absolute Gasteiger partial charge is 0.161 e. The van der Waals surface area contributed by atoms with Crippen molar-refractivity contribution >= 4 is 85.1 Å². The van der Waals surface area contributed by atoms with Gasteiger partial charge in [0.25, 0.3) is 0 Å². The van der Waals surface area contributed by atoms with Crippen molar-refractivity contribution in [1.29, 1.82) is 0 Å². The van der Waals surface area contributed by atoms with Gasteiger partial charge in [0.1, 0.15) is 11.6 Å². The van der Waals surface area contributed by atoms with E-state index in [2.05, 4.69) is 410 Å².